The molecule has 1 N–H and O–H groups in total. The van der Waals surface area contributed by atoms with Gasteiger partial charge in [-0.15, -0.1) is 0 Å². The molecule has 0 spiro atoms. The molecule has 11 nitrogen and oxygen atoms in total. The fourth-order valence-electron chi connectivity index (χ4n) is 5.55. The predicted molar refractivity (Wildman–Crippen MR) is 192 cm³/mol. The lowest BCUT2D eigenvalue weighted by molar-refractivity contribution is -0.0508. The van der Waals surface area contributed by atoms with E-state index in [2.05, 4.69) is 30.4 Å². The van der Waals surface area contributed by atoms with Crippen LogP contribution in [0.1, 0.15) is 71.0 Å². The van der Waals surface area contributed by atoms with E-state index in [-0.39, 0.29) is 29.3 Å². The van der Waals surface area contributed by atoms with Crippen molar-refractivity contribution in [3.63, 3.8) is 0 Å². The van der Waals surface area contributed by atoms with E-state index in [1.807, 2.05) is 0 Å². The minimum absolute atomic E-state index is 0.00676. The van der Waals surface area contributed by atoms with Crippen LogP contribution in [0.15, 0.2) is 36.5 Å². The first-order valence-electron chi connectivity index (χ1n) is 16.2. The van der Waals surface area contributed by atoms with Gasteiger partial charge in [-0.2, -0.15) is 18.8 Å². The van der Waals surface area contributed by atoms with Crippen molar-refractivity contribution in [3.05, 3.63) is 59.0 Å². The number of halogens is 2. The summed E-state index contributed by atoms with van der Waals surface area (Å²) in [6, 6.07) is 10.7. The summed E-state index contributed by atoms with van der Waals surface area (Å²) in [6.45, 7) is 16.6. The molecule has 0 aliphatic heterocycles. The molecule has 2 aromatic carbocycles. The molecule has 2 aromatic heterocycles. The number of nitrogens with one attached hydrogen (secondary N) is 1. The van der Waals surface area contributed by atoms with Crippen LogP contribution in [-0.4, -0.2) is 60.3 Å². The lowest BCUT2D eigenvalue weighted by Crippen LogP contribution is -2.52. The number of benzene rings is 2. The number of carbonyl (C=O) groups is 1. The normalized spacial score (nSPS) is 14.3. The molecular formula is C35H47F2N5O6SSi. The molecule has 272 valence electrons. The summed E-state index contributed by atoms with van der Waals surface area (Å²) < 4.78 is 78.0. The van der Waals surface area contributed by atoms with Crippen LogP contribution in [0.2, 0.25) is 25.7 Å². The smallest absolute Gasteiger partial charge is 0.419 e. The van der Waals surface area contributed by atoms with Gasteiger partial charge in [-0.25, -0.2) is 18.2 Å². The third-order valence-electron chi connectivity index (χ3n) is 8.12. The molecule has 15 heteroatoms. The van der Waals surface area contributed by atoms with Crippen LogP contribution in [0, 0.1) is 18.3 Å². The zero-order valence-electron chi connectivity index (χ0n) is 30.6. The SMILES string of the molecule is Cc1cc(OC(F)F)c(C(C)(NS(=O)(=O)C(C)(C)C)c2nc3cc(C#N)ccc3n2COCC[Si](C)(C)C)c2ccn(C(=O)OC(C)(C)C)c12. The van der Waals surface area contributed by atoms with E-state index in [1.165, 1.54) is 50.6 Å². The summed E-state index contributed by atoms with van der Waals surface area (Å²) in [5.41, 5.74) is -0.860. The highest BCUT2D eigenvalue weighted by molar-refractivity contribution is 7.90. The number of imidazole rings is 1. The molecule has 4 aromatic rings. The number of nitriles is 1. The predicted octanol–water partition coefficient (Wildman–Crippen LogP) is 7.85. The lowest BCUT2D eigenvalue weighted by Gasteiger charge is -2.36. The van der Waals surface area contributed by atoms with E-state index >= 15 is 0 Å². The molecule has 0 aliphatic carbocycles. The van der Waals surface area contributed by atoms with Crippen molar-refractivity contribution in [1.29, 1.82) is 5.26 Å². The van der Waals surface area contributed by atoms with Crippen molar-refractivity contribution in [2.45, 2.75) is 110 Å². The van der Waals surface area contributed by atoms with Gasteiger partial charge in [0, 0.05) is 31.8 Å². The van der Waals surface area contributed by atoms with Crippen LogP contribution in [0.3, 0.4) is 0 Å². The number of hydrogen-bond acceptors (Lipinski definition) is 8. The molecule has 2 heterocycles. The Balaban J connectivity index is 2.14. The van der Waals surface area contributed by atoms with Gasteiger partial charge in [-0.05, 0) is 97.3 Å². The Morgan fingerprint density at radius 2 is 1.74 bits per heavy atom. The number of fused-ring (bicyclic) bond motifs is 2. The zero-order chi connectivity index (χ0) is 37.6. The van der Waals surface area contributed by atoms with Crippen molar-refractivity contribution < 1.29 is 36.2 Å². The largest absolute Gasteiger partial charge is 0.443 e. The summed E-state index contributed by atoms with van der Waals surface area (Å²) in [7, 11) is -5.74. The monoisotopic (exact) mass is 731 g/mol. The molecule has 0 saturated carbocycles. The van der Waals surface area contributed by atoms with Crippen LogP contribution in [0.25, 0.3) is 21.9 Å². The number of hydrogen-bond donors (Lipinski definition) is 1. The average molecular weight is 732 g/mol. The second-order valence-electron chi connectivity index (χ2n) is 15.7. The molecule has 0 fully saturated rings. The van der Waals surface area contributed by atoms with Gasteiger partial charge in [0.05, 0.1) is 32.9 Å². The van der Waals surface area contributed by atoms with E-state index in [4.69, 9.17) is 19.2 Å². The van der Waals surface area contributed by atoms with Crippen LogP contribution < -0.4 is 9.46 Å². The third-order valence-corrected chi connectivity index (χ3v) is 12.1. The Hall–Kier alpha value is -3.84. The van der Waals surface area contributed by atoms with Crippen LogP contribution in [0.5, 0.6) is 5.75 Å². The highest BCUT2D eigenvalue weighted by atomic mass is 32.2. The Bertz CT molecular complexity index is 2070. The van der Waals surface area contributed by atoms with Crippen LogP contribution in [-0.2, 0) is 31.8 Å². The van der Waals surface area contributed by atoms with Gasteiger partial charge in [-0.3, -0.25) is 4.57 Å². The van der Waals surface area contributed by atoms with Crippen molar-refractivity contribution in [1.82, 2.24) is 18.8 Å². The Morgan fingerprint density at radius 3 is 2.30 bits per heavy atom. The maximum Gasteiger partial charge on any atom is 0.419 e. The molecule has 1 atom stereocenters. The Labute approximate surface area is 293 Å². The number of carbonyl (C=O) groups excluding carboxylic acids is 1. The standard InChI is InChI=1S/C35H47F2N5O6SSi/c1-22-18-27(47-31(36)37)28(24-14-15-41(29(22)24)32(43)48-33(2,3)4)35(8,40-49(44,45)34(5,6)7)30-39-25-19-23(20-38)12-13-26(25)42(30)21-46-16-17-50(9,10)11/h12-15,18-19,31,40H,16-17,21H2,1-11H3. The van der Waals surface area contributed by atoms with Gasteiger partial charge in [0.2, 0.25) is 10.0 Å². The maximum atomic E-state index is 14.2. The first kappa shape index (κ1) is 39.0. The molecular weight excluding hydrogens is 685 g/mol. The van der Waals surface area contributed by atoms with Gasteiger partial charge in [0.15, 0.2) is 0 Å². The second kappa shape index (κ2) is 13.7. The van der Waals surface area contributed by atoms with E-state index in [9.17, 15) is 27.3 Å². The quantitative estimate of drug-likeness (QED) is 0.122. The maximum absolute atomic E-state index is 14.2. The molecule has 0 radical (unpaired) electrons. The molecule has 0 bridgehead atoms. The van der Waals surface area contributed by atoms with E-state index in [1.54, 1.807) is 50.5 Å². The van der Waals surface area contributed by atoms with Crippen LogP contribution >= 0.6 is 0 Å². The fraction of sp³-hybridized carbons (Fsp3) is 0.514. The molecule has 4 rings (SSSR count). The summed E-state index contributed by atoms with van der Waals surface area (Å²) in [6.07, 6.45) is 0.731. The number of nitrogens with zero attached hydrogens (tertiary/aromatic N) is 4. The zero-order valence-corrected chi connectivity index (χ0v) is 32.4. The first-order chi connectivity index (χ1) is 22.9. The number of sulfonamides is 1. The minimum atomic E-state index is -4.25. The van der Waals surface area contributed by atoms with E-state index < -0.39 is 46.7 Å². The molecule has 50 heavy (non-hydrogen) atoms. The summed E-state index contributed by atoms with van der Waals surface area (Å²) in [5.74, 6) is -0.222. The van der Waals surface area contributed by atoms with Gasteiger partial charge in [0.25, 0.3) is 0 Å². The number of aromatic nitrogens is 3. The van der Waals surface area contributed by atoms with Crippen molar-refractivity contribution in [2.75, 3.05) is 6.61 Å². The van der Waals surface area contributed by atoms with Crippen LogP contribution in [0.4, 0.5) is 13.6 Å². The number of ether oxygens (including phenoxy) is 3. The second-order valence-corrected chi connectivity index (χ2v) is 23.8. The Kier molecular flexibility index (Phi) is 10.7. The highest BCUT2D eigenvalue weighted by Crippen LogP contribution is 2.44. The summed E-state index contributed by atoms with van der Waals surface area (Å²) >= 11 is 0. The summed E-state index contributed by atoms with van der Waals surface area (Å²) in [4.78, 5) is 18.3. The van der Waals surface area contributed by atoms with E-state index in [0.29, 0.717) is 34.3 Å². The summed E-state index contributed by atoms with van der Waals surface area (Å²) in [5, 5.41) is 9.91. The van der Waals surface area contributed by atoms with Gasteiger partial charge >= 0.3 is 12.7 Å². The van der Waals surface area contributed by atoms with Gasteiger partial charge in [0.1, 0.15) is 29.4 Å². The number of rotatable bonds is 11. The first-order valence-corrected chi connectivity index (χ1v) is 21.4. The lowest BCUT2D eigenvalue weighted by atomic mass is 9.87. The van der Waals surface area contributed by atoms with Gasteiger partial charge in [-0.1, -0.05) is 19.6 Å². The topological polar surface area (TPSA) is 137 Å². The molecule has 0 aliphatic rings. The molecule has 0 saturated heterocycles. The highest BCUT2D eigenvalue weighted by Gasteiger charge is 2.46. The fourth-order valence-corrected chi connectivity index (χ4v) is 7.34. The minimum Gasteiger partial charge on any atom is -0.443 e. The van der Waals surface area contributed by atoms with Crippen molar-refractivity contribution >= 4 is 46.1 Å². The average Bonchev–Trinajstić information content (AvgIpc) is 3.55. The van der Waals surface area contributed by atoms with Crippen molar-refractivity contribution in [2.24, 2.45) is 0 Å². The number of aryl methyl sites for hydroxylation is 1. The third kappa shape index (κ3) is 8.20. The molecule has 0 amide bonds. The number of alkyl halides is 2. The van der Waals surface area contributed by atoms with Crippen molar-refractivity contribution in [3.8, 4) is 11.8 Å². The van der Waals surface area contributed by atoms with Gasteiger partial charge < -0.3 is 18.8 Å². The van der Waals surface area contributed by atoms with E-state index in [0.717, 1.165) is 6.04 Å². The Morgan fingerprint density at radius 1 is 1.08 bits per heavy atom. The molecule has 1 unspecified atom stereocenters.